The van der Waals surface area contributed by atoms with Gasteiger partial charge in [-0.05, 0) is 56.9 Å². The van der Waals surface area contributed by atoms with E-state index in [-0.39, 0.29) is 17.4 Å². The first-order chi connectivity index (χ1) is 12.9. The Morgan fingerprint density at radius 1 is 1.04 bits per heavy atom. The van der Waals surface area contributed by atoms with Crippen molar-refractivity contribution in [1.82, 2.24) is 9.21 Å². The number of rotatable bonds is 5. The predicted octanol–water partition coefficient (Wildman–Crippen LogP) is 2.03. The van der Waals surface area contributed by atoms with Crippen LogP contribution < -0.4 is 0 Å². The van der Waals surface area contributed by atoms with E-state index < -0.39 is 22.0 Å². The summed E-state index contributed by atoms with van der Waals surface area (Å²) in [6, 6.07) is 5.09. The molecule has 2 heterocycles. The van der Waals surface area contributed by atoms with Crippen molar-refractivity contribution in [3.63, 3.8) is 0 Å². The van der Waals surface area contributed by atoms with Crippen LogP contribution in [0.5, 0.6) is 0 Å². The number of ether oxygens (including phenoxy) is 1. The molecule has 0 N–H and O–H groups in total. The third-order valence-electron chi connectivity index (χ3n) is 5.13. The van der Waals surface area contributed by atoms with Crippen LogP contribution in [0.25, 0.3) is 0 Å². The van der Waals surface area contributed by atoms with E-state index in [4.69, 9.17) is 4.74 Å². The summed E-state index contributed by atoms with van der Waals surface area (Å²) < 4.78 is 32.6. The highest BCUT2D eigenvalue weighted by Crippen LogP contribution is 2.27. The van der Waals surface area contributed by atoms with Crippen molar-refractivity contribution in [3.8, 4) is 0 Å². The number of carbonyl (C=O) groups is 2. The lowest BCUT2D eigenvalue weighted by atomic mass is 10.0. The molecule has 0 bridgehead atoms. The molecule has 27 heavy (non-hydrogen) atoms. The van der Waals surface area contributed by atoms with Crippen molar-refractivity contribution in [3.05, 3.63) is 29.8 Å². The Bertz CT molecular complexity index is 785. The minimum absolute atomic E-state index is 0.0843. The zero-order valence-corrected chi connectivity index (χ0v) is 16.4. The van der Waals surface area contributed by atoms with Gasteiger partial charge in [0.2, 0.25) is 15.9 Å². The lowest BCUT2D eigenvalue weighted by Gasteiger charge is -2.35. The second-order valence-corrected chi connectivity index (χ2v) is 8.80. The highest BCUT2D eigenvalue weighted by atomic mass is 32.2. The van der Waals surface area contributed by atoms with E-state index in [1.54, 1.807) is 11.8 Å². The molecule has 1 unspecified atom stereocenters. The zero-order chi connectivity index (χ0) is 19.4. The quantitative estimate of drug-likeness (QED) is 0.714. The van der Waals surface area contributed by atoms with Crippen molar-refractivity contribution in [2.45, 2.75) is 50.0 Å². The number of sulfonamides is 1. The molecule has 8 heteroatoms. The first kappa shape index (κ1) is 19.8. The van der Waals surface area contributed by atoms with Crippen LogP contribution >= 0.6 is 0 Å². The predicted molar refractivity (Wildman–Crippen MR) is 99.7 cm³/mol. The summed E-state index contributed by atoms with van der Waals surface area (Å²) >= 11 is 0. The van der Waals surface area contributed by atoms with Crippen LogP contribution in [0.3, 0.4) is 0 Å². The Morgan fingerprint density at radius 2 is 1.67 bits per heavy atom. The molecule has 1 aromatic rings. The summed E-state index contributed by atoms with van der Waals surface area (Å²) in [6.45, 7) is 3.72. The van der Waals surface area contributed by atoms with Gasteiger partial charge in [-0.15, -0.1) is 0 Å². The number of esters is 1. The lowest BCUT2D eigenvalue weighted by molar-refractivity contribution is -0.135. The molecule has 0 aliphatic carbocycles. The Balaban J connectivity index is 1.83. The molecule has 2 fully saturated rings. The van der Waals surface area contributed by atoms with E-state index in [0.717, 1.165) is 25.7 Å². The largest absolute Gasteiger partial charge is 0.462 e. The molecule has 2 aliphatic heterocycles. The molecular weight excluding hydrogens is 368 g/mol. The van der Waals surface area contributed by atoms with Gasteiger partial charge in [-0.3, -0.25) is 4.79 Å². The lowest BCUT2D eigenvalue weighted by Crippen LogP contribution is -2.52. The zero-order valence-electron chi connectivity index (χ0n) is 15.6. The van der Waals surface area contributed by atoms with Crippen molar-refractivity contribution in [2.75, 3.05) is 26.2 Å². The summed E-state index contributed by atoms with van der Waals surface area (Å²) in [5.41, 5.74) is 0.305. The Labute approximate surface area is 160 Å². The number of benzene rings is 1. The van der Waals surface area contributed by atoms with E-state index in [9.17, 15) is 18.0 Å². The first-order valence-electron chi connectivity index (χ1n) is 9.53. The standard InChI is InChI=1S/C19H26N2O5S/c1-2-26-19(23)15-8-10-16(11-9-15)27(24,25)21-14-4-3-7-17(21)18(22)20-12-5-6-13-20/h8-11,17H,2-7,12-14H2,1H3. The monoisotopic (exact) mass is 394 g/mol. The Morgan fingerprint density at radius 3 is 2.30 bits per heavy atom. The van der Waals surface area contributed by atoms with Gasteiger partial charge in [0, 0.05) is 19.6 Å². The van der Waals surface area contributed by atoms with Crippen molar-refractivity contribution in [1.29, 1.82) is 0 Å². The van der Waals surface area contributed by atoms with Crippen LogP contribution in [0.4, 0.5) is 0 Å². The van der Waals surface area contributed by atoms with Crippen LogP contribution in [-0.4, -0.2) is 61.8 Å². The SMILES string of the molecule is CCOC(=O)c1ccc(S(=O)(=O)N2CCCCC2C(=O)N2CCCC2)cc1. The second kappa shape index (κ2) is 8.39. The molecule has 1 atom stereocenters. The molecule has 1 amide bonds. The molecule has 148 valence electrons. The minimum atomic E-state index is -3.81. The van der Waals surface area contributed by atoms with Crippen LogP contribution in [0.15, 0.2) is 29.2 Å². The Kier molecular flexibility index (Phi) is 6.16. The molecule has 0 aromatic heterocycles. The maximum Gasteiger partial charge on any atom is 0.338 e. The van der Waals surface area contributed by atoms with Gasteiger partial charge in [-0.2, -0.15) is 4.31 Å². The number of hydrogen-bond donors (Lipinski definition) is 0. The molecule has 3 rings (SSSR count). The van der Waals surface area contributed by atoms with E-state index in [1.165, 1.54) is 28.6 Å². The van der Waals surface area contributed by atoms with E-state index in [1.807, 2.05) is 0 Å². The first-order valence-corrected chi connectivity index (χ1v) is 11.0. The fraction of sp³-hybridized carbons (Fsp3) is 0.579. The average Bonchev–Trinajstić information content (AvgIpc) is 3.22. The molecule has 2 saturated heterocycles. The number of hydrogen-bond acceptors (Lipinski definition) is 5. The van der Waals surface area contributed by atoms with Crippen LogP contribution in [0.2, 0.25) is 0 Å². The normalized spacial score (nSPS) is 21.2. The number of carbonyl (C=O) groups excluding carboxylic acids is 2. The molecule has 0 spiro atoms. The molecular formula is C19H26N2O5S. The highest BCUT2D eigenvalue weighted by molar-refractivity contribution is 7.89. The third-order valence-corrected chi connectivity index (χ3v) is 7.05. The topological polar surface area (TPSA) is 84.0 Å². The summed E-state index contributed by atoms with van der Waals surface area (Å²) in [5.74, 6) is -0.569. The van der Waals surface area contributed by atoms with Crippen LogP contribution in [-0.2, 0) is 19.6 Å². The van der Waals surface area contributed by atoms with Gasteiger partial charge < -0.3 is 9.64 Å². The van der Waals surface area contributed by atoms with Crippen LogP contribution in [0, 0.1) is 0 Å². The summed E-state index contributed by atoms with van der Waals surface area (Å²) in [5, 5.41) is 0. The summed E-state index contributed by atoms with van der Waals surface area (Å²) in [4.78, 5) is 26.5. The molecule has 2 aliphatic rings. The van der Waals surface area contributed by atoms with E-state index in [2.05, 4.69) is 0 Å². The van der Waals surface area contributed by atoms with Gasteiger partial charge in [-0.25, -0.2) is 13.2 Å². The second-order valence-electron chi connectivity index (χ2n) is 6.90. The smallest absolute Gasteiger partial charge is 0.338 e. The van der Waals surface area contributed by atoms with E-state index >= 15 is 0 Å². The maximum absolute atomic E-state index is 13.2. The van der Waals surface area contributed by atoms with Gasteiger partial charge in [0.1, 0.15) is 6.04 Å². The van der Waals surface area contributed by atoms with Gasteiger partial charge in [0.15, 0.2) is 0 Å². The molecule has 0 saturated carbocycles. The maximum atomic E-state index is 13.2. The van der Waals surface area contributed by atoms with Crippen LogP contribution in [0.1, 0.15) is 49.4 Å². The van der Waals surface area contributed by atoms with Crippen molar-refractivity contribution in [2.24, 2.45) is 0 Å². The summed E-state index contributed by atoms with van der Waals surface area (Å²) in [7, 11) is -3.81. The molecule has 1 aromatic carbocycles. The number of piperidine rings is 1. The highest BCUT2D eigenvalue weighted by Gasteiger charge is 2.39. The van der Waals surface area contributed by atoms with Crippen molar-refractivity contribution < 1.29 is 22.7 Å². The third kappa shape index (κ3) is 4.16. The minimum Gasteiger partial charge on any atom is -0.462 e. The van der Waals surface area contributed by atoms with Gasteiger partial charge in [0.05, 0.1) is 17.1 Å². The molecule has 7 nitrogen and oxygen atoms in total. The fourth-order valence-corrected chi connectivity index (χ4v) is 5.35. The van der Waals surface area contributed by atoms with Gasteiger partial charge >= 0.3 is 5.97 Å². The summed E-state index contributed by atoms with van der Waals surface area (Å²) in [6.07, 6.45) is 4.08. The number of likely N-dealkylation sites (tertiary alicyclic amines) is 1. The number of nitrogens with zero attached hydrogens (tertiary/aromatic N) is 2. The van der Waals surface area contributed by atoms with Crippen molar-refractivity contribution >= 4 is 21.9 Å². The fourth-order valence-electron chi connectivity index (χ4n) is 3.70. The van der Waals surface area contributed by atoms with E-state index in [0.29, 0.717) is 31.6 Å². The number of amides is 1. The Hall–Kier alpha value is -1.93. The average molecular weight is 394 g/mol. The van der Waals surface area contributed by atoms with Gasteiger partial charge in [-0.1, -0.05) is 6.42 Å². The van der Waals surface area contributed by atoms with Gasteiger partial charge in [0.25, 0.3) is 0 Å². The molecule has 0 radical (unpaired) electrons.